The summed E-state index contributed by atoms with van der Waals surface area (Å²) in [7, 11) is 0. The fraction of sp³-hybridized carbons (Fsp3) is 0.176. The molecule has 0 saturated heterocycles. The van der Waals surface area contributed by atoms with E-state index >= 15 is 0 Å². The molecule has 6 heteroatoms. The van der Waals surface area contributed by atoms with Crippen molar-refractivity contribution in [2.45, 2.75) is 13.5 Å². The van der Waals surface area contributed by atoms with Gasteiger partial charge in [0.25, 0.3) is 0 Å². The second-order valence-electron chi connectivity index (χ2n) is 4.69. The maximum Gasteiger partial charge on any atom is 0.411 e. The van der Waals surface area contributed by atoms with Gasteiger partial charge in [-0.2, -0.15) is 5.26 Å². The van der Waals surface area contributed by atoms with Gasteiger partial charge in [0.05, 0.1) is 29.6 Å². The zero-order valence-electron chi connectivity index (χ0n) is 12.7. The highest BCUT2D eigenvalue weighted by Gasteiger charge is 2.07. The van der Waals surface area contributed by atoms with Gasteiger partial charge in [-0.05, 0) is 36.8 Å². The summed E-state index contributed by atoms with van der Waals surface area (Å²) in [6, 6.07) is 14.2. The predicted octanol–water partition coefficient (Wildman–Crippen LogP) is 3.29. The Morgan fingerprint density at radius 3 is 2.61 bits per heavy atom. The number of benzene rings is 2. The third-order valence-corrected chi connectivity index (χ3v) is 3.02. The Morgan fingerprint density at radius 2 is 2.00 bits per heavy atom. The number of nitrogens with one attached hydrogen (secondary N) is 1. The molecule has 0 aliphatic carbocycles. The van der Waals surface area contributed by atoms with Crippen molar-refractivity contribution in [1.29, 1.82) is 5.26 Å². The maximum absolute atomic E-state index is 11.4. The van der Waals surface area contributed by atoms with Crippen LogP contribution in [-0.4, -0.2) is 12.7 Å². The van der Waals surface area contributed by atoms with Crippen LogP contribution in [0.15, 0.2) is 42.5 Å². The van der Waals surface area contributed by atoms with Crippen LogP contribution >= 0.6 is 0 Å². The molecule has 23 heavy (non-hydrogen) atoms. The highest BCUT2D eigenvalue weighted by molar-refractivity contribution is 5.89. The van der Waals surface area contributed by atoms with E-state index in [4.69, 9.17) is 20.5 Å². The second-order valence-corrected chi connectivity index (χ2v) is 4.69. The molecule has 0 bridgehead atoms. The number of nitriles is 1. The second kappa shape index (κ2) is 7.71. The van der Waals surface area contributed by atoms with Gasteiger partial charge in [0.15, 0.2) is 0 Å². The summed E-state index contributed by atoms with van der Waals surface area (Å²) >= 11 is 0. The molecule has 0 spiro atoms. The van der Waals surface area contributed by atoms with Crippen LogP contribution in [0.25, 0.3) is 0 Å². The molecular formula is C17H17N3O3. The first-order valence-corrected chi connectivity index (χ1v) is 7.07. The van der Waals surface area contributed by atoms with Gasteiger partial charge >= 0.3 is 6.09 Å². The molecule has 0 aliphatic heterocycles. The van der Waals surface area contributed by atoms with Crippen LogP contribution in [0.2, 0.25) is 0 Å². The minimum absolute atomic E-state index is 0.289. The first-order chi connectivity index (χ1) is 11.1. The smallest absolute Gasteiger partial charge is 0.411 e. The quantitative estimate of drug-likeness (QED) is 0.826. The minimum Gasteiger partial charge on any atom is -0.489 e. The predicted molar refractivity (Wildman–Crippen MR) is 87.0 cm³/mol. The summed E-state index contributed by atoms with van der Waals surface area (Å²) < 4.78 is 10.4. The largest absolute Gasteiger partial charge is 0.489 e. The molecule has 0 unspecified atom stereocenters. The molecule has 0 radical (unpaired) electrons. The van der Waals surface area contributed by atoms with E-state index in [0.29, 0.717) is 29.3 Å². The Labute approximate surface area is 134 Å². The third kappa shape index (κ3) is 4.64. The monoisotopic (exact) mass is 311 g/mol. The summed E-state index contributed by atoms with van der Waals surface area (Å²) in [5.41, 5.74) is 8.28. The van der Waals surface area contributed by atoms with Gasteiger partial charge in [-0.25, -0.2) is 4.79 Å². The SMILES string of the molecule is CCOC(=O)Nc1ccc(OCc2ccc(C#N)cc2)cc1N. The maximum atomic E-state index is 11.4. The van der Waals surface area contributed by atoms with Crippen LogP contribution < -0.4 is 15.8 Å². The Hall–Kier alpha value is -3.20. The first kappa shape index (κ1) is 16.2. The van der Waals surface area contributed by atoms with Gasteiger partial charge in [0, 0.05) is 6.07 Å². The molecule has 0 aliphatic rings. The number of carbonyl (C=O) groups is 1. The van der Waals surface area contributed by atoms with E-state index in [-0.39, 0.29) is 6.61 Å². The molecule has 0 saturated carbocycles. The van der Waals surface area contributed by atoms with Crippen molar-refractivity contribution in [3.63, 3.8) is 0 Å². The first-order valence-electron chi connectivity index (χ1n) is 7.07. The lowest BCUT2D eigenvalue weighted by Crippen LogP contribution is -2.14. The lowest BCUT2D eigenvalue weighted by Gasteiger charge is -2.11. The van der Waals surface area contributed by atoms with Crippen molar-refractivity contribution in [2.24, 2.45) is 0 Å². The highest BCUT2D eigenvalue weighted by Crippen LogP contribution is 2.25. The van der Waals surface area contributed by atoms with E-state index in [1.54, 1.807) is 37.3 Å². The number of nitrogens with zero attached hydrogens (tertiary/aromatic N) is 1. The zero-order chi connectivity index (χ0) is 16.7. The van der Waals surface area contributed by atoms with Crippen molar-refractivity contribution in [2.75, 3.05) is 17.7 Å². The molecule has 0 fully saturated rings. The van der Waals surface area contributed by atoms with Gasteiger partial charge < -0.3 is 15.2 Å². The molecule has 2 rings (SSSR count). The average Bonchev–Trinajstić information content (AvgIpc) is 2.56. The summed E-state index contributed by atoms with van der Waals surface area (Å²) in [6.07, 6.45) is -0.551. The molecule has 2 aromatic rings. The molecule has 1 amide bonds. The lowest BCUT2D eigenvalue weighted by molar-refractivity contribution is 0.168. The van der Waals surface area contributed by atoms with E-state index in [1.165, 1.54) is 0 Å². The highest BCUT2D eigenvalue weighted by atomic mass is 16.5. The number of rotatable bonds is 5. The van der Waals surface area contributed by atoms with E-state index < -0.39 is 6.09 Å². The number of carbonyl (C=O) groups excluding carboxylic acids is 1. The van der Waals surface area contributed by atoms with Gasteiger partial charge in [-0.1, -0.05) is 12.1 Å². The zero-order valence-corrected chi connectivity index (χ0v) is 12.7. The summed E-state index contributed by atoms with van der Waals surface area (Å²) in [5, 5.41) is 11.3. The molecule has 6 nitrogen and oxygen atoms in total. The number of anilines is 2. The Balaban J connectivity index is 1.97. The van der Waals surface area contributed by atoms with E-state index in [2.05, 4.69) is 11.4 Å². The standard InChI is InChI=1S/C17H17N3O3/c1-2-22-17(21)20-16-8-7-14(9-15(16)19)23-11-13-5-3-12(10-18)4-6-13/h3-9H,2,11,19H2,1H3,(H,20,21). The fourth-order valence-corrected chi connectivity index (χ4v) is 1.86. The molecular weight excluding hydrogens is 294 g/mol. The van der Waals surface area contributed by atoms with Gasteiger partial charge in [-0.15, -0.1) is 0 Å². The van der Waals surface area contributed by atoms with Crippen molar-refractivity contribution >= 4 is 17.5 Å². The van der Waals surface area contributed by atoms with Crippen LogP contribution in [0, 0.1) is 11.3 Å². The lowest BCUT2D eigenvalue weighted by atomic mass is 10.1. The van der Waals surface area contributed by atoms with Crippen LogP contribution in [0.1, 0.15) is 18.1 Å². The normalized spacial score (nSPS) is 9.74. The third-order valence-electron chi connectivity index (χ3n) is 3.02. The van der Waals surface area contributed by atoms with Crippen LogP contribution in [-0.2, 0) is 11.3 Å². The van der Waals surface area contributed by atoms with E-state index in [1.807, 2.05) is 12.1 Å². The Bertz CT molecular complexity index is 721. The molecule has 0 atom stereocenters. The van der Waals surface area contributed by atoms with Crippen LogP contribution in [0.3, 0.4) is 0 Å². The van der Waals surface area contributed by atoms with Crippen molar-refractivity contribution in [1.82, 2.24) is 0 Å². The number of hydrogen-bond acceptors (Lipinski definition) is 5. The van der Waals surface area contributed by atoms with Gasteiger partial charge in [0.1, 0.15) is 12.4 Å². The molecule has 0 aromatic heterocycles. The average molecular weight is 311 g/mol. The van der Waals surface area contributed by atoms with Crippen molar-refractivity contribution in [3.8, 4) is 11.8 Å². The van der Waals surface area contributed by atoms with Crippen molar-refractivity contribution < 1.29 is 14.3 Å². The Morgan fingerprint density at radius 1 is 1.26 bits per heavy atom. The van der Waals surface area contributed by atoms with Crippen molar-refractivity contribution in [3.05, 3.63) is 53.6 Å². The minimum atomic E-state index is -0.551. The number of nitrogen functional groups attached to an aromatic ring is 1. The van der Waals surface area contributed by atoms with Gasteiger partial charge in [-0.3, -0.25) is 5.32 Å². The van der Waals surface area contributed by atoms with Gasteiger partial charge in [0.2, 0.25) is 0 Å². The number of ether oxygens (including phenoxy) is 2. The summed E-state index contributed by atoms with van der Waals surface area (Å²) in [4.78, 5) is 11.4. The fourth-order valence-electron chi connectivity index (χ4n) is 1.86. The van der Waals surface area contributed by atoms with E-state index in [0.717, 1.165) is 5.56 Å². The van der Waals surface area contributed by atoms with E-state index in [9.17, 15) is 4.79 Å². The molecule has 2 aromatic carbocycles. The number of amides is 1. The number of nitrogens with two attached hydrogens (primary N) is 1. The molecule has 3 N–H and O–H groups in total. The molecule has 0 heterocycles. The summed E-state index contributed by atoms with van der Waals surface area (Å²) in [6.45, 7) is 2.37. The summed E-state index contributed by atoms with van der Waals surface area (Å²) in [5.74, 6) is 0.585. The topological polar surface area (TPSA) is 97.4 Å². The number of hydrogen-bond donors (Lipinski definition) is 2. The van der Waals surface area contributed by atoms with Crippen LogP contribution in [0.4, 0.5) is 16.2 Å². The molecule has 118 valence electrons. The Kier molecular flexibility index (Phi) is 5.42. The van der Waals surface area contributed by atoms with Crippen LogP contribution in [0.5, 0.6) is 5.75 Å².